The molecule has 9 heteroatoms. The van der Waals surface area contributed by atoms with Crippen molar-refractivity contribution in [3.8, 4) is 0 Å². The van der Waals surface area contributed by atoms with Gasteiger partial charge in [-0.2, -0.15) is 0 Å². The van der Waals surface area contributed by atoms with Crippen LogP contribution in [0.3, 0.4) is 0 Å². The number of aromatic carboxylic acids is 1. The second-order valence-corrected chi connectivity index (χ2v) is 7.23. The van der Waals surface area contributed by atoms with Crippen molar-refractivity contribution in [3.05, 3.63) is 33.7 Å². The van der Waals surface area contributed by atoms with Gasteiger partial charge in [0.2, 0.25) is 10.0 Å². The van der Waals surface area contributed by atoms with Crippen LogP contribution in [-0.2, 0) is 10.0 Å². The summed E-state index contributed by atoms with van der Waals surface area (Å²) < 4.78 is 32.2. The quantitative estimate of drug-likeness (QED) is 0.868. The summed E-state index contributed by atoms with van der Waals surface area (Å²) in [5.74, 6) is -0.282. The second-order valence-electron chi connectivity index (χ2n) is 4.49. The van der Waals surface area contributed by atoms with Gasteiger partial charge in [0, 0.05) is 0 Å². The largest absolute Gasteiger partial charge is 0.477 e. The molecule has 2 N–H and O–H groups in total. The number of aryl methyl sites for hydroxylation is 2. The molecule has 2 rings (SSSR count). The van der Waals surface area contributed by atoms with E-state index in [9.17, 15) is 13.2 Å². The van der Waals surface area contributed by atoms with Gasteiger partial charge in [-0.1, -0.05) is 0 Å². The third kappa shape index (κ3) is 3.31. The fraction of sp³-hybridized carbons (Fsp3) is 0.333. The number of carboxylic acid groups (broad SMARTS) is 1. The summed E-state index contributed by atoms with van der Waals surface area (Å²) in [7, 11) is -3.75. The molecule has 1 unspecified atom stereocenters. The average molecular weight is 330 g/mol. The highest BCUT2D eigenvalue weighted by molar-refractivity contribution is 7.89. The van der Waals surface area contributed by atoms with Gasteiger partial charge in [0.05, 0.1) is 12.2 Å². The average Bonchev–Trinajstić information content (AvgIpc) is 2.95. The maximum absolute atomic E-state index is 12.3. The predicted octanol–water partition coefficient (Wildman–Crippen LogP) is 2.09. The van der Waals surface area contributed by atoms with E-state index in [1.807, 2.05) is 0 Å². The normalized spacial score (nSPS) is 13.3. The lowest BCUT2D eigenvalue weighted by molar-refractivity contribution is 0.0702. The number of hydrogen-bond donors (Lipinski definition) is 2. The van der Waals surface area contributed by atoms with Gasteiger partial charge in [-0.05, 0) is 26.8 Å². The van der Waals surface area contributed by atoms with Crippen molar-refractivity contribution in [3.63, 3.8) is 0 Å². The summed E-state index contributed by atoms with van der Waals surface area (Å²) in [6.45, 7) is 4.83. The second kappa shape index (κ2) is 5.58. The van der Waals surface area contributed by atoms with Crippen LogP contribution in [0.4, 0.5) is 0 Å². The maximum atomic E-state index is 12.3. The van der Waals surface area contributed by atoms with Crippen molar-refractivity contribution in [1.29, 1.82) is 0 Å². The molecule has 0 fully saturated rings. The number of rotatable bonds is 5. The van der Waals surface area contributed by atoms with Gasteiger partial charge in [0.25, 0.3) is 0 Å². The van der Waals surface area contributed by atoms with E-state index in [2.05, 4.69) is 9.71 Å². The predicted molar refractivity (Wildman–Crippen MR) is 76.0 cm³/mol. The third-order valence-corrected chi connectivity index (χ3v) is 5.54. The first-order valence-corrected chi connectivity index (χ1v) is 8.29. The lowest BCUT2D eigenvalue weighted by Crippen LogP contribution is -2.27. The summed E-state index contributed by atoms with van der Waals surface area (Å²) in [4.78, 5) is 14.9. The van der Waals surface area contributed by atoms with E-state index in [0.717, 1.165) is 11.3 Å². The highest BCUT2D eigenvalue weighted by Crippen LogP contribution is 2.24. The van der Waals surface area contributed by atoms with E-state index in [1.54, 1.807) is 20.8 Å². The van der Waals surface area contributed by atoms with Gasteiger partial charge in [-0.15, -0.1) is 11.3 Å². The number of hydrogen-bond acceptors (Lipinski definition) is 6. The number of sulfonamides is 1. The Bertz CT molecular complexity index is 775. The minimum absolute atomic E-state index is 0.0615. The zero-order valence-corrected chi connectivity index (χ0v) is 13.2. The Morgan fingerprint density at radius 1 is 1.48 bits per heavy atom. The molecular formula is C12H14N2O5S2. The molecule has 0 aromatic carbocycles. The van der Waals surface area contributed by atoms with Crippen molar-refractivity contribution in [2.24, 2.45) is 0 Å². The lowest BCUT2D eigenvalue weighted by atomic mass is 10.4. The highest BCUT2D eigenvalue weighted by atomic mass is 32.2. The molecule has 0 saturated heterocycles. The first-order valence-electron chi connectivity index (χ1n) is 5.99. The molecule has 114 valence electrons. The van der Waals surface area contributed by atoms with Crippen molar-refractivity contribution < 1.29 is 22.7 Å². The van der Waals surface area contributed by atoms with Crippen LogP contribution < -0.4 is 4.72 Å². The first-order chi connectivity index (χ1) is 9.70. The fourth-order valence-corrected chi connectivity index (χ4v) is 4.09. The Morgan fingerprint density at radius 2 is 2.14 bits per heavy atom. The van der Waals surface area contributed by atoms with Crippen LogP contribution in [0, 0.1) is 13.8 Å². The Kier molecular flexibility index (Phi) is 4.17. The molecule has 0 radical (unpaired) electrons. The summed E-state index contributed by atoms with van der Waals surface area (Å²) in [6.07, 6.45) is 1.21. The molecule has 0 saturated carbocycles. The molecule has 0 amide bonds. The molecule has 0 aliphatic heterocycles. The van der Waals surface area contributed by atoms with Gasteiger partial charge < -0.3 is 9.52 Å². The minimum atomic E-state index is -3.75. The zero-order valence-electron chi connectivity index (χ0n) is 11.6. The number of thiazole rings is 1. The van der Waals surface area contributed by atoms with Gasteiger partial charge in [0.15, 0.2) is 0 Å². The SMILES string of the molecule is Cc1cc(S(=O)(=O)NC(C)c2ncc(C(=O)O)s2)c(C)o1. The van der Waals surface area contributed by atoms with Gasteiger partial charge in [0.1, 0.15) is 26.3 Å². The van der Waals surface area contributed by atoms with E-state index >= 15 is 0 Å². The third-order valence-electron chi connectivity index (χ3n) is 2.72. The molecule has 2 heterocycles. The Labute approximate surface area is 125 Å². The Hall–Kier alpha value is -1.71. The number of carbonyl (C=O) groups is 1. The van der Waals surface area contributed by atoms with Gasteiger partial charge >= 0.3 is 5.97 Å². The monoisotopic (exact) mass is 330 g/mol. The van der Waals surface area contributed by atoms with Gasteiger partial charge in [-0.3, -0.25) is 0 Å². The van der Waals surface area contributed by atoms with E-state index in [-0.39, 0.29) is 9.77 Å². The number of furan rings is 1. The van der Waals surface area contributed by atoms with Crippen LogP contribution in [-0.4, -0.2) is 24.5 Å². The smallest absolute Gasteiger partial charge is 0.347 e. The molecule has 0 aliphatic carbocycles. The van der Waals surface area contributed by atoms with Crippen LogP contribution in [0.5, 0.6) is 0 Å². The molecule has 2 aromatic rings. The van der Waals surface area contributed by atoms with Crippen molar-refractivity contribution >= 4 is 27.3 Å². The maximum Gasteiger partial charge on any atom is 0.347 e. The Morgan fingerprint density at radius 3 is 2.62 bits per heavy atom. The van der Waals surface area contributed by atoms with Crippen LogP contribution in [0.1, 0.15) is 39.2 Å². The number of carboxylic acids is 1. The Balaban J connectivity index is 2.23. The molecule has 21 heavy (non-hydrogen) atoms. The highest BCUT2D eigenvalue weighted by Gasteiger charge is 2.24. The van der Waals surface area contributed by atoms with Crippen LogP contribution in [0.15, 0.2) is 21.6 Å². The minimum Gasteiger partial charge on any atom is -0.477 e. The molecule has 2 aromatic heterocycles. The van der Waals surface area contributed by atoms with Crippen LogP contribution in [0.25, 0.3) is 0 Å². The van der Waals surface area contributed by atoms with Crippen molar-refractivity contribution in [1.82, 2.24) is 9.71 Å². The van der Waals surface area contributed by atoms with Crippen molar-refractivity contribution in [2.45, 2.75) is 31.7 Å². The molecular weight excluding hydrogens is 316 g/mol. The molecule has 7 nitrogen and oxygen atoms in total. The van der Waals surface area contributed by atoms with E-state index in [0.29, 0.717) is 16.5 Å². The molecule has 0 spiro atoms. The van der Waals surface area contributed by atoms with E-state index < -0.39 is 22.0 Å². The summed E-state index contributed by atoms with van der Waals surface area (Å²) >= 11 is 0.933. The topological polar surface area (TPSA) is 110 Å². The van der Waals surface area contributed by atoms with Crippen LogP contribution in [0.2, 0.25) is 0 Å². The summed E-state index contributed by atoms with van der Waals surface area (Å²) in [5, 5.41) is 9.23. The van der Waals surface area contributed by atoms with Gasteiger partial charge in [-0.25, -0.2) is 22.9 Å². The van der Waals surface area contributed by atoms with E-state index in [1.165, 1.54) is 12.3 Å². The zero-order chi connectivity index (χ0) is 15.8. The summed E-state index contributed by atoms with van der Waals surface area (Å²) in [5.41, 5.74) is 0. The number of nitrogens with one attached hydrogen (secondary N) is 1. The summed E-state index contributed by atoms with van der Waals surface area (Å²) in [6, 6.07) is 0.803. The van der Waals surface area contributed by atoms with Crippen molar-refractivity contribution in [2.75, 3.05) is 0 Å². The molecule has 1 atom stereocenters. The van der Waals surface area contributed by atoms with E-state index in [4.69, 9.17) is 9.52 Å². The molecule has 0 bridgehead atoms. The first kappa shape index (κ1) is 15.7. The number of nitrogens with zero attached hydrogens (tertiary/aromatic N) is 1. The molecule has 0 aliphatic rings. The standard InChI is InChI=1S/C12H14N2O5S2/c1-6-4-10(8(3)19-6)21(17,18)14-7(2)11-13-5-9(20-11)12(15)16/h4-5,7,14H,1-3H3,(H,15,16). The lowest BCUT2D eigenvalue weighted by Gasteiger charge is -2.11. The number of aromatic nitrogens is 1. The fourth-order valence-electron chi connectivity index (χ4n) is 1.81. The van der Waals surface area contributed by atoms with Crippen LogP contribution >= 0.6 is 11.3 Å².